The van der Waals surface area contributed by atoms with E-state index in [0.29, 0.717) is 22.9 Å². The van der Waals surface area contributed by atoms with E-state index in [0.717, 1.165) is 30.7 Å². The van der Waals surface area contributed by atoms with Crippen LogP contribution >= 0.6 is 11.8 Å². The van der Waals surface area contributed by atoms with Crippen LogP contribution in [0.15, 0.2) is 29.4 Å². The molecule has 0 bridgehead atoms. The Hall–Kier alpha value is -1.82. The number of benzene rings is 1. The lowest BCUT2D eigenvalue weighted by Gasteiger charge is -2.36. The Morgan fingerprint density at radius 2 is 2.04 bits per heavy atom. The van der Waals surface area contributed by atoms with E-state index in [9.17, 15) is 4.79 Å². The second-order valence-electron chi connectivity index (χ2n) is 8.16. The van der Waals surface area contributed by atoms with Gasteiger partial charge in [0.1, 0.15) is 6.10 Å². The number of aromatic nitrogens is 3. The summed E-state index contributed by atoms with van der Waals surface area (Å²) in [4.78, 5) is 16.9. The number of hydrogen-bond acceptors (Lipinski definition) is 5. The summed E-state index contributed by atoms with van der Waals surface area (Å²) < 4.78 is 5.85. The van der Waals surface area contributed by atoms with Crippen LogP contribution in [0.4, 0.5) is 0 Å². The smallest absolute Gasteiger partial charge is 0.316 e. The van der Waals surface area contributed by atoms with Crippen molar-refractivity contribution in [2.75, 3.05) is 5.75 Å². The molecule has 0 spiro atoms. The van der Waals surface area contributed by atoms with Crippen molar-refractivity contribution in [3.05, 3.63) is 29.8 Å². The number of aromatic amines is 1. The standard InChI is InChI=1S/C22H31N3O2S/c1-5-16-7-9-17(10-8-16)21-23-22(25-24-21)28-13-20(26)27-19-12-15(4)6-11-18(19)14(2)3/h7-10,14-15,18-19H,5-6,11-13H2,1-4H3,(H,23,24,25)/t15-,18+,19-/m0/s1. The molecule has 2 aromatic rings. The number of H-pyrrole nitrogens is 1. The van der Waals surface area contributed by atoms with Crippen LogP contribution in [0, 0.1) is 17.8 Å². The van der Waals surface area contributed by atoms with Crippen molar-refractivity contribution in [2.24, 2.45) is 17.8 Å². The Labute approximate surface area is 172 Å². The molecule has 0 saturated heterocycles. The van der Waals surface area contributed by atoms with Gasteiger partial charge in [0.05, 0.1) is 5.75 Å². The molecule has 28 heavy (non-hydrogen) atoms. The molecule has 1 aliphatic rings. The first-order valence-corrected chi connectivity index (χ1v) is 11.3. The van der Waals surface area contributed by atoms with Crippen LogP contribution in [-0.4, -0.2) is 33.0 Å². The lowest BCUT2D eigenvalue weighted by atomic mass is 9.75. The quantitative estimate of drug-likeness (QED) is 0.514. The van der Waals surface area contributed by atoms with Crippen molar-refractivity contribution in [3.8, 4) is 11.4 Å². The molecule has 1 fully saturated rings. The van der Waals surface area contributed by atoms with Gasteiger partial charge in [-0.25, -0.2) is 4.98 Å². The Morgan fingerprint density at radius 3 is 2.71 bits per heavy atom. The molecule has 1 saturated carbocycles. The predicted molar refractivity (Wildman–Crippen MR) is 113 cm³/mol. The monoisotopic (exact) mass is 401 g/mol. The molecule has 1 heterocycles. The highest BCUT2D eigenvalue weighted by Gasteiger charge is 2.33. The average Bonchev–Trinajstić information content (AvgIpc) is 3.15. The Bertz CT molecular complexity index is 772. The molecule has 1 N–H and O–H groups in total. The zero-order valence-corrected chi connectivity index (χ0v) is 18.1. The molecule has 3 rings (SSSR count). The number of hydrogen-bond donors (Lipinski definition) is 1. The molecule has 1 aromatic heterocycles. The van der Waals surface area contributed by atoms with Gasteiger partial charge in [0.15, 0.2) is 5.82 Å². The molecule has 0 amide bonds. The minimum absolute atomic E-state index is 0.0386. The number of nitrogens with zero attached hydrogens (tertiary/aromatic N) is 2. The largest absolute Gasteiger partial charge is 0.461 e. The minimum atomic E-state index is -0.173. The number of carbonyl (C=O) groups is 1. The van der Waals surface area contributed by atoms with Crippen molar-refractivity contribution >= 4 is 17.7 Å². The summed E-state index contributed by atoms with van der Waals surface area (Å²) in [5, 5.41) is 7.76. The molecule has 5 nitrogen and oxygen atoms in total. The fourth-order valence-corrected chi connectivity index (χ4v) is 4.50. The number of rotatable bonds is 7. The summed E-state index contributed by atoms with van der Waals surface area (Å²) in [5.41, 5.74) is 2.28. The second-order valence-corrected chi connectivity index (χ2v) is 9.10. The molecule has 152 valence electrons. The molecule has 0 radical (unpaired) electrons. The van der Waals surface area contributed by atoms with Gasteiger partial charge in [-0.05, 0) is 42.6 Å². The van der Waals surface area contributed by atoms with Gasteiger partial charge >= 0.3 is 5.97 Å². The highest BCUT2D eigenvalue weighted by Crippen LogP contribution is 2.35. The second kappa shape index (κ2) is 9.59. The van der Waals surface area contributed by atoms with Crippen LogP contribution in [0.2, 0.25) is 0 Å². The van der Waals surface area contributed by atoms with Gasteiger partial charge < -0.3 is 4.74 Å². The first-order valence-electron chi connectivity index (χ1n) is 10.3. The van der Waals surface area contributed by atoms with Gasteiger partial charge in [-0.3, -0.25) is 9.89 Å². The summed E-state index contributed by atoms with van der Waals surface area (Å²) in [6.45, 7) is 8.82. The van der Waals surface area contributed by atoms with E-state index in [-0.39, 0.29) is 17.8 Å². The topological polar surface area (TPSA) is 67.9 Å². The van der Waals surface area contributed by atoms with Crippen molar-refractivity contribution < 1.29 is 9.53 Å². The molecule has 1 aromatic carbocycles. The third-order valence-corrected chi connectivity index (χ3v) is 6.48. The summed E-state index contributed by atoms with van der Waals surface area (Å²) in [7, 11) is 0. The lowest BCUT2D eigenvalue weighted by Crippen LogP contribution is -2.36. The van der Waals surface area contributed by atoms with Gasteiger partial charge in [-0.2, -0.15) is 0 Å². The fourth-order valence-electron chi connectivity index (χ4n) is 3.91. The highest BCUT2D eigenvalue weighted by molar-refractivity contribution is 7.99. The van der Waals surface area contributed by atoms with Crippen molar-refractivity contribution in [1.82, 2.24) is 15.2 Å². The van der Waals surface area contributed by atoms with Crippen LogP contribution in [0.3, 0.4) is 0 Å². The van der Waals surface area contributed by atoms with E-state index in [1.807, 2.05) is 12.1 Å². The van der Waals surface area contributed by atoms with E-state index < -0.39 is 0 Å². The SMILES string of the molecule is CCc1ccc(-c2nc(SCC(=O)O[C@H]3C[C@@H](C)CC[C@@H]3C(C)C)n[nH]2)cc1. The third kappa shape index (κ3) is 5.37. The number of ether oxygens (including phenoxy) is 1. The first-order chi connectivity index (χ1) is 13.5. The van der Waals surface area contributed by atoms with Crippen molar-refractivity contribution in [3.63, 3.8) is 0 Å². The maximum atomic E-state index is 12.4. The summed E-state index contributed by atoms with van der Waals surface area (Å²) >= 11 is 1.32. The summed E-state index contributed by atoms with van der Waals surface area (Å²) in [5.74, 6) is 2.41. The highest BCUT2D eigenvalue weighted by atomic mass is 32.2. The lowest BCUT2D eigenvalue weighted by molar-refractivity contribution is -0.152. The molecular weight excluding hydrogens is 370 g/mol. The van der Waals surface area contributed by atoms with Gasteiger partial charge in [-0.15, -0.1) is 5.10 Å². The third-order valence-electron chi connectivity index (χ3n) is 5.66. The van der Waals surface area contributed by atoms with Crippen LogP contribution in [0.25, 0.3) is 11.4 Å². The molecular formula is C22H31N3O2S. The minimum Gasteiger partial charge on any atom is -0.461 e. The number of aryl methyl sites for hydroxylation is 1. The van der Waals surface area contributed by atoms with Gasteiger partial charge in [0, 0.05) is 5.56 Å². The van der Waals surface area contributed by atoms with E-state index >= 15 is 0 Å². The molecule has 0 aliphatic heterocycles. The van der Waals surface area contributed by atoms with Crippen LogP contribution in [0.5, 0.6) is 0 Å². The summed E-state index contributed by atoms with van der Waals surface area (Å²) in [6, 6.07) is 8.27. The fraction of sp³-hybridized carbons (Fsp3) is 0.591. The maximum absolute atomic E-state index is 12.4. The van der Waals surface area contributed by atoms with Gasteiger partial charge in [0.25, 0.3) is 0 Å². The van der Waals surface area contributed by atoms with E-state index in [2.05, 4.69) is 55.0 Å². The Balaban J connectivity index is 1.53. The zero-order chi connectivity index (χ0) is 20.1. The number of carbonyl (C=O) groups excluding carboxylic acids is 1. The number of esters is 1. The van der Waals surface area contributed by atoms with Gasteiger partial charge in [-0.1, -0.05) is 70.1 Å². The molecule has 1 aliphatic carbocycles. The van der Waals surface area contributed by atoms with Crippen LogP contribution in [-0.2, 0) is 16.0 Å². The molecule has 0 unspecified atom stereocenters. The van der Waals surface area contributed by atoms with Crippen molar-refractivity contribution in [2.45, 2.75) is 64.6 Å². The van der Waals surface area contributed by atoms with E-state index in [1.54, 1.807) is 0 Å². The Morgan fingerprint density at radius 1 is 1.29 bits per heavy atom. The van der Waals surface area contributed by atoms with Crippen LogP contribution < -0.4 is 0 Å². The predicted octanol–water partition coefficient (Wildman–Crippen LogP) is 5.13. The van der Waals surface area contributed by atoms with Crippen molar-refractivity contribution in [1.29, 1.82) is 0 Å². The van der Waals surface area contributed by atoms with E-state index in [1.165, 1.54) is 23.7 Å². The van der Waals surface area contributed by atoms with Gasteiger partial charge in [0.2, 0.25) is 5.16 Å². The number of nitrogens with one attached hydrogen (secondary N) is 1. The average molecular weight is 402 g/mol. The zero-order valence-electron chi connectivity index (χ0n) is 17.3. The molecule has 6 heteroatoms. The van der Waals surface area contributed by atoms with E-state index in [4.69, 9.17) is 4.74 Å². The Kier molecular flexibility index (Phi) is 7.16. The first kappa shape index (κ1) is 20.9. The number of thioether (sulfide) groups is 1. The molecule has 3 atom stereocenters. The summed E-state index contributed by atoms with van der Waals surface area (Å²) in [6.07, 6.45) is 4.39. The normalized spacial score (nSPS) is 22.4. The van der Waals surface area contributed by atoms with Crippen LogP contribution in [0.1, 0.15) is 52.5 Å². The maximum Gasteiger partial charge on any atom is 0.316 e.